The molecule has 33 heavy (non-hydrogen) atoms. The molecule has 0 saturated carbocycles. The summed E-state index contributed by atoms with van der Waals surface area (Å²) < 4.78 is 72.5. The van der Waals surface area contributed by atoms with E-state index in [0.29, 0.717) is 17.0 Å². The summed E-state index contributed by atoms with van der Waals surface area (Å²) in [7, 11) is 1.60. The Bertz CT molecular complexity index is 1170. The number of benzene rings is 2. The van der Waals surface area contributed by atoms with E-state index in [1.807, 2.05) is 0 Å². The maximum Gasteiger partial charge on any atom is 0.416 e. The second kappa shape index (κ2) is 9.96. The Morgan fingerprint density at radius 3 is 2.61 bits per heavy atom. The number of carbonyl (C=O) groups is 1. The highest BCUT2D eigenvalue weighted by atomic mass is 35.5. The van der Waals surface area contributed by atoms with Crippen LogP contribution in [0.15, 0.2) is 41.6 Å². The van der Waals surface area contributed by atoms with E-state index in [1.54, 1.807) is 14.0 Å². The molecule has 1 aromatic heterocycles. The molecule has 176 valence electrons. The molecule has 0 aliphatic heterocycles. The van der Waals surface area contributed by atoms with Crippen LogP contribution in [0, 0.1) is 11.6 Å². The van der Waals surface area contributed by atoms with Crippen LogP contribution in [-0.4, -0.2) is 26.4 Å². The van der Waals surface area contributed by atoms with Gasteiger partial charge in [-0.25, -0.2) is 8.78 Å². The van der Waals surface area contributed by atoms with Gasteiger partial charge in [0.05, 0.1) is 22.0 Å². The Balaban J connectivity index is 1.63. The summed E-state index contributed by atoms with van der Waals surface area (Å²) in [5.41, 5.74) is -1.11. The average molecular weight is 507 g/mol. The van der Waals surface area contributed by atoms with Crippen LogP contribution in [0.5, 0.6) is 5.75 Å². The SMILES string of the molecule is CC(Oc1ccc(F)cc1F)c1nnc(SCC(=O)Nc2cc(C(F)(F)F)ccc2Cl)n1C. The van der Waals surface area contributed by atoms with E-state index in [9.17, 15) is 26.7 Å². The minimum absolute atomic E-state index is 0.0405. The van der Waals surface area contributed by atoms with E-state index in [0.717, 1.165) is 42.1 Å². The Morgan fingerprint density at radius 2 is 1.94 bits per heavy atom. The lowest BCUT2D eigenvalue weighted by molar-refractivity contribution is -0.137. The molecule has 0 aliphatic rings. The molecule has 0 aliphatic carbocycles. The fourth-order valence-electron chi connectivity index (χ4n) is 2.73. The minimum atomic E-state index is -4.58. The normalized spacial score (nSPS) is 12.5. The van der Waals surface area contributed by atoms with Gasteiger partial charge in [-0.1, -0.05) is 23.4 Å². The van der Waals surface area contributed by atoms with Crippen molar-refractivity contribution in [3.63, 3.8) is 0 Å². The van der Waals surface area contributed by atoms with Crippen LogP contribution >= 0.6 is 23.4 Å². The first-order valence-electron chi connectivity index (χ1n) is 9.26. The first-order chi connectivity index (χ1) is 15.5. The fourth-order valence-corrected chi connectivity index (χ4v) is 3.62. The number of nitrogens with one attached hydrogen (secondary N) is 1. The minimum Gasteiger partial charge on any atom is -0.480 e. The molecule has 0 radical (unpaired) electrons. The number of rotatable bonds is 7. The quantitative estimate of drug-likeness (QED) is 0.332. The lowest BCUT2D eigenvalue weighted by Gasteiger charge is -2.15. The zero-order chi connectivity index (χ0) is 24.3. The predicted molar refractivity (Wildman–Crippen MR) is 112 cm³/mol. The lowest BCUT2D eigenvalue weighted by atomic mass is 10.2. The highest BCUT2D eigenvalue weighted by molar-refractivity contribution is 7.99. The van der Waals surface area contributed by atoms with Crippen molar-refractivity contribution in [2.45, 2.75) is 24.4 Å². The number of alkyl halides is 3. The zero-order valence-electron chi connectivity index (χ0n) is 17.1. The van der Waals surface area contributed by atoms with Gasteiger partial charge in [-0.05, 0) is 37.3 Å². The van der Waals surface area contributed by atoms with Gasteiger partial charge in [-0.15, -0.1) is 10.2 Å². The van der Waals surface area contributed by atoms with Gasteiger partial charge >= 0.3 is 6.18 Å². The van der Waals surface area contributed by atoms with Crippen molar-refractivity contribution in [3.05, 3.63) is 64.4 Å². The maximum atomic E-state index is 13.8. The molecular weight excluding hydrogens is 491 g/mol. The molecule has 0 spiro atoms. The van der Waals surface area contributed by atoms with Gasteiger partial charge in [-0.3, -0.25) is 4.79 Å². The van der Waals surface area contributed by atoms with E-state index < -0.39 is 35.4 Å². The monoisotopic (exact) mass is 506 g/mol. The summed E-state index contributed by atoms with van der Waals surface area (Å²) >= 11 is 6.85. The van der Waals surface area contributed by atoms with Crippen LogP contribution in [0.1, 0.15) is 24.4 Å². The molecule has 0 saturated heterocycles. The van der Waals surface area contributed by atoms with Crippen LogP contribution in [-0.2, 0) is 18.0 Å². The Kier molecular flexibility index (Phi) is 7.48. The summed E-state index contributed by atoms with van der Waals surface area (Å²) in [5.74, 6) is -2.28. The molecule has 1 amide bonds. The number of halogens is 6. The van der Waals surface area contributed by atoms with Gasteiger partial charge in [-0.2, -0.15) is 13.2 Å². The summed E-state index contributed by atoms with van der Waals surface area (Å²) in [5, 5.41) is 10.5. The highest BCUT2D eigenvalue weighted by Gasteiger charge is 2.31. The number of amides is 1. The fraction of sp³-hybridized carbons (Fsp3) is 0.250. The molecule has 2 aromatic carbocycles. The Hall–Kier alpha value is -2.86. The summed E-state index contributed by atoms with van der Waals surface area (Å²) in [6, 6.07) is 5.51. The third-order valence-electron chi connectivity index (χ3n) is 4.33. The second-order valence-corrected chi connectivity index (χ2v) is 8.11. The van der Waals surface area contributed by atoms with Gasteiger partial charge in [0, 0.05) is 13.1 Å². The smallest absolute Gasteiger partial charge is 0.416 e. The maximum absolute atomic E-state index is 13.8. The predicted octanol–water partition coefficient (Wildman–Crippen LogP) is 5.64. The van der Waals surface area contributed by atoms with E-state index in [4.69, 9.17) is 16.3 Å². The van der Waals surface area contributed by atoms with E-state index in [2.05, 4.69) is 15.5 Å². The number of hydrogen-bond acceptors (Lipinski definition) is 5. The standard InChI is InChI=1S/C20H16ClF5N4O2S/c1-10(32-16-6-4-12(22)8-14(16)23)18-28-29-19(30(18)2)33-9-17(31)27-15-7-11(20(24,25)26)3-5-13(15)21/h3-8,10H,9H2,1-2H3,(H,27,31). The van der Waals surface area contributed by atoms with E-state index in [-0.39, 0.29) is 22.2 Å². The molecular formula is C20H16ClF5N4O2S. The van der Waals surface area contributed by atoms with Crippen LogP contribution in [0.3, 0.4) is 0 Å². The number of aromatic nitrogens is 3. The summed E-state index contributed by atoms with van der Waals surface area (Å²) in [4.78, 5) is 12.2. The molecule has 0 bridgehead atoms. The molecule has 0 fully saturated rings. The van der Waals surface area contributed by atoms with Crippen molar-refractivity contribution < 1.29 is 31.5 Å². The number of nitrogens with zero attached hydrogens (tertiary/aromatic N) is 3. The van der Waals surface area contributed by atoms with Gasteiger partial charge in [0.15, 0.2) is 28.7 Å². The highest BCUT2D eigenvalue weighted by Crippen LogP contribution is 2.34. The Morgan fingerprint density at radius 1 is 1.21 bits per heavy atom. The summed E-state index contributed by atoms with van der Waals surface area (Å²) in [6.45, 7) is 1.59. The average Bonchev–Trinajstić information content (AvgIpc) is 3.10. The van der Waals surface area contributed by atoms with Crippen molar-refractivity contribution in [1.82, 2.24) is 14.8 Å². The Labute approximate surface area is 194 Å². The lowest BCUT2D eigenvalue weighted by Crippen LogP contribution is -2.16. The molecule has 6 nitrogen and oxygen atoms in total. The second-order valence-electron chi connectivity index (χ2n) is 6.76. The van der Waals surface area contributed by atoms with Gasteiger partial charge in [0.2, 0.25) is 5.91 Å². The van der Waals surface area contributed by atoms with Crippen LogP contribution in [0.4, 0.5) is 27.6 Å². The third kappa shape index (κ3) is 6.14. The van der Waals surface area contributed by atoms with Crippen LogP contribution < -0.4 is 10.1 Å². The van der Waals surface area contributed by atoms with E-state index in [1.165, 1.54) is 4.57 Å². The molecule has 1 heterocycles. The van der Waals surface area contributed by atoms with Crippen LogP contribution in [0.2, 0.25) is 5.02 Å². The van der Waals surface area contributed by atoms with Crippen LogP contribution in [0.25, 0.3) is 0 Å². The number of carbonyl (C=O) groups excluding carboxylic acids is 1. The first-order valence-corrected chi connectivity index (χ1v) is 10.6. The van der Waals surface area contributed by atoms with Crippen molar-refractivity contribution in [1.29, 1.82) is 0 Å². The van der Waals surface area contributed by atoms with Crippen molar-refractivity contribution in [2.24, 2.45) is 7.05 Å². The summed E-state index contributed by atoms with van der Waals surface area (Å²) in [6.07, 6.45) is -5.33. The molecule has 1 N–H and O–H groups in total. The number of anilines is 1. The molecule has 3 aromatic rings. The largest absolute Gasteiger partial charge is 0.480 e. The first kappa shape index (κ1) is 24.8. The zero-order valence-corrected chi connectivity index (χ0v) is 18.7. The van der Waals surface area contributed by atoms with E-state index >= 15 is 0 Å². The molecule has 13 heteroatoms. The van der Waals surface area contributed by atoms with Gasteiger partial charge in [0.25, 0.3) is 0 Å². The molecule has 1 atom stereocenters. The van der Waals surface area contributed by atoms with Gasteiger partial charge in [0.1, 0.15) is 5.82 Å². The number of hydrogen-bond donors (Lipinski definition) is 1. The molecule has 3 rings (SSSR count). The number of thioether (sulfide) groups is 1. The third-order valence-corrected chi connectivity index (χ3v) is 5.68. The van der Waals surface area contributed by atoms with Gasteiger partial charge < -0.3 is 14.6 Å². The topological polar surface area (TPSA) is 69.0 Å². The number of ether oxygens (including phenoxy) is 1. The molecule has 1 unspecified atom stereocenters. The van der Waals surface area contributed by atoms with Crippen molar-refractivity contribution in [3.8, 4) is 5.75 Å². The van der Waals surface area contributed by atoms with Crippen molar-refractivity contribution in [2.75, 3.05) is 11.1 Å². The van der Waals surface area contributed by atoms with Crippen molar-refractivity contribution >= 4 is 35.0 Å².